The first-order valence-corrected chi connectivity index (χ1v) is 9.12. The predicted octanol–water partition coefficient (Wildman–Crippen LogP) is 4.75. The molecule has 6 heteroatoms. The Labute approximate surface area is 161 Å². The number of methoxy groups -OCH3 is 1. The molecule has 0 heterocycles. The molecule has 0 aliphatic rings. The molecular formula is C21H19FN2O2S. The molecule has 2 N–H and O–H groups in total. The predicted molar refractivity (Wildman–Crippen MR) is 106 cm³/mol. The molecule has 4 nitrogen and oxygen atoms in total. The van der Waals surface area contributed by atoms with Crippen molar-refractivity contribution in [1.29, 1.82) is 0 Å². The first kappa shape index (κ1) is 18.9. The van der Waals surface area contributed by atoms with E-state index in [9.17, 15) is 9.18 Å². The van der Waals surface area contributed by atoms with E-state index in [0.717, 1.165) is 10.5 Å². The van der Waals surface area contributed by atoms with Crippen LogP contribution < -0.4 is 15.0 Å². The van der Waals surface area contributed by atoms with Gasteiger partial charge in [-0.15, -0.1) is 0 Å². The minimum atomic E-state index is -0.546. The van der Waals surface area contributed by atoms with Gasteiger partial charge in [0.15, 0.2) is 0 Å². The molecule has 0 fully saturated rings. The van der Waals surface area contributed by atoms with Crippen LogP contribution in [0.1, 0.15) is 15.9 Å². The zero-order chi connectivity index (χ0) is 19.2. The maximum Gasteiger partial charge on any atom is 0.269 e. The fraction of sp³-hybridized carbons (Fsp3) is 0.0952. The van der Waals surface area contributed by atoms with Gasteiger partial charge in [-0.25, -0.2) is 4.39 Å². The summed E-state index contributed by atoms with van der Waals surface area (Å²) in [5.41, 5.74) is 4.39. The van der Waals surface area contributed by atoms with Crippen LogP contribution in [-0.4, -0.2) is 13.0 Å². The van der Waals surface area contributed by atoms with E-state index in [1.807, 2.05) is 54.6 Å². The molecule has 0 spiro atoms. The quantitative estimate of drug-likeness (QED) is 0.477. The average Bonchev–Trinajstić information content (AvgIpc) is 2.70. The molecule has 1 amide bonds. The van der Waals surface area contributed by atoms with E-state index < -0.39 is 11.7 Å². The number of hydrazine groups is 1. The van der Waals surface area contributed by atoms with Crippen molar-refractivity contribution < 1.29 is 13.9 Å². The molecule has 27 heavy (non-hydrogen) atoms. The van der Waals surface area contributed by atoms with E-state index >= 15 is 0 Å². The van der Waals surface area contributed by atoms with Gasteiger partial charge in [-0.2, -0.15) is 4.83 Å². The summed E-state index contributed by atoms with van der Waals surface area (Å²) in [4.78, 5) is 16.2. The summed E-state index contributed by atoms with van der Waals surface area (Å²) in [6.07, 6.45) is 0. The molecule has 3 aromatic carbocycles. The number of hydrogen-bond donors (Lipinski definition) is 2. The Morgan fingerprint density at radius 2 is 1.74 bits per heavy atom. The van der Waals surface area contributed by atoms with Crippen LogP contribution in [0.15, 0.2) is 71.6 Å². The molecule has 3 rings (SSSR count). The summed E-state index contributed by atoms with van der Waals surface area (Å²) in [6.45, 7) is 1.64. The van der Waals surface area contributed by atoms with Crippen LogP contribution in [-0.2, 0) is 0 Å². The molecule has 0 saturated heterocycles. The van der Waals surface area contributed by atoms with Gasteiger partial charge in [0.05, 0.1) is 12.7 Å². The zero-order valence-electron chi connectivity index (χ0n) is 15.0. The van der Waals surface area contributed by atoms with Crippen LogP contribution in [0.3, 0.4) is 0 Å². The molecule has 0 aliphatic heterocycles. The van der Waals surface area contributed by atoms with Crippen molar-refractivity contribution >= 4 is 17.9 Å². The average molecular weight is 382 g/mol. The lowest BCUT2D eigenvalue weighted by Crippen LogP contribution is -2.33. The Bertz CT molecular complexity index is 948. The van der Waals surface area contributed by atoms with Crippen LogP contribution >= 0.6 is 11.9 Å². The highest BCUT2D eigenvalue weighted by Gasteiger charge is 2.17. The van der Waals surface area contributed by atoms with Crippen molar-refractivity contribution in [2.75, 3.05) is 7.11 Å². The summed E-state index contributed by atoms with van der Waals surface area (Å²) in [7, 11) is 1.58. The minimum Gasteiger partial charge on any atom is -0.496 e. The Hall–Kier alpha value is -2.83. The first-order chi connectivity index (χ1) is 13.1. The van der Waals surface area contributed by atoms with Gasteiger partial charge in [-0.05, 0) is 60.3 Å². The lowest BCUT2D eigenvalue weighted by Gasteiger charge is -2.13. The van der Waals surface area contributed by atoms with E-state index in [1.165, 1.54) is 18.0 Å². The van der Waals surface area contributed by atoms with Crippen LogP contribution in [0.25, 0.3) is 11.1 Å². The topological polar surface area (TPSA) is 50.4 Å². The fourth-order valence-corrected chi connectivity index (χ4v) is 3.21. The second kappa shape index (κ2) is 8.70. The van der Waals surface area contributed by atoms with Gasteiger partial charge in [-0.3, -0.25) is 10.2 Å². The summed E-state index contributed by atoms with van der Waals surface area (Å²) in [5.74, 6) is -0.430. The zero-order valence-corrected chi connectivity index (χ0v) is 15.8. The SMILES string of the molecule is COc1ccccc1-c1cc(C)c(F)c(C(=O)NNSc2ccccc2)c1. The van der Waals surface area contributed by atoms with Crippen LogP contribution in [0.5, 0.6) is 5.75 Å². The molecule has 0 radical (unpaired) electrons. The number of halogens is 1. The molecule has 0 saturated carbocycles. The summed E-state index contributed by atoms with van der Waals surface area (Å²) >= 11 is 1.24. The number of aryl methyl sites for hydroxylation is 1. The highest BCUT2D eigenvalue weighted by atomic mass is 32.2. The van der Waals surface area contributed by atoms with Crippen molar-refractivity contribution in [3.63, 3.8) is 0 Å². The summed E-state index contributed by atoms with van der Waals surface area (Å²) < 4.78 is 19.9. The highest BCUT2D eigenvalue weighted by molar-refractivity contribution is 7.97. The van der Waals surface area contributed by atoms with Crippen LogP contribution in [0.2, 0.25) is 0 Å². The summed E-state index contributed by atoms with van der Waals surface area (Å²) in [6, 6.07) is 20.2. The van der Waals surface area contributed by atoms with Crippen LogP contribution in [0, 0.1) is 12.7 Å². The second-order valence-electron chi connectivity index (χ2n) is 5.83. The molecule has 0 aliphatic carbocycles. The third-order valence-electron chi connectivity index (χ3n) is 3.99. The van der Waals surface area contributed by atoms with Crippen molar-refractivity contribution in [3.8, 4) is 16.9 Å². The largest absolute Gasteiger partial charge is 0.496 e. The molecule has 0 aromatic heterocycles. The number of carbonyl (C=O) groups is 1. The minimum absolute atomic E-state index is 0.0305. The monoisotopic (exact) mass is 382 g/mol. The standard InChI is InChI=1S/C21H19FN2O2S/c1-14-12-15(17-10-6-7-11-19(17)26-2)13-18(20(14)22)21(25)23-24-27-16-8-4-3-5-9-16/h3-13,24H,1-2H3,(H,23,25). The number of rotatable bonds is 6. The number of para-hydroxylation sites is 1. The fourth-order valence-electron chi connectivity index (χ4n) is 2.66. The lowest BCUT2D eigenvalue weighted by molar-refractivity contribution is 0.0943. The smallest absolute Gasteiger partial charge is 0.269 e. The van der Waals surface area contributed by atoms with Gasteiger partial charge < -0.3 is 4.74 Å². The molecular weight excluding hydrogens is 363 g/mol. The summed E-state index contributed by atoms with van der Waals surface area (Å²) in [5, 5.41) is 0. The van der Waals surface area contributed by atoms with Crippen molar-refractivity contribution in [2.24, 2.45) is 0 Å². The number of hydrogen-bond acceptors (Lipinski definition) is 4. The van der Waals surface area contributed by atoms with Crippen molar-refractivity contribution in [3.05, 3.63) is 83.7 Å². The highest BCUT2D eigenvalue weighted by Crippen LogP contribution is 2.32. The van der Waals surface area contributed by atoms with Gasteiger partial charge in [0.1, 0.15) is 11.6 Å². The van der Waals surface area contributed by atoms with E-state index in [4.69, 9.17) is 4.74 Å². The lowest BCUT2D eigenvalue weighted by atomic mass is 9.98. The van der Waals surface area contributed by atoms with E-state index in [0.29, 0.717) is 16.9 Å². The van der Waals surface area contributed by atoms with Gasteiger partial charge >= 0.3 is 0 Å². The first-order valence-electron chi connectivity index (χ1n) is 8.31. The van der Waals surface area contributed by atoms with E-state index in [1.54, 1.807) is 20.1 Å². The van der Waals surface area contributed by atoms with Gasteiger partial charge in [0, 0.05) is 10.5 Å². The Balaban J connectivity index is 1.82. The molecule has 0 unspecified atom stereocenters. The molecule has 3 aromatic rings. The Kier molecular flexibility index (Phi) is 6.11. The molecule has 138 valence electrons. The van der Waals surface area contributed by atoms with Gasteiger partial charge in [0.25, 0.3) is 5.91 Å². The van der Waals surface area contributed by atoms with Crippen molar-refractivity contribution in [1.82, 2.24) is 10.3 Å². The van der Waals surface area contributed by atoms with E-state index in [2.05, 4.69) is 10.3 Å². The normalized spacial score (nSPS) is 10.5. The maximum absolute atomic E-state index is 14.6. The Morgan fingerprint density at radius 3 is 2.48 bits per heavy atom. The van der Waals surface area contributed by atoms with Gasteiger partial charge in [-0.1, -0.05) is 36.4 Å². The van der Waals surface area contributed by atoms with E-state index in [-0.39, 0.29) is 5.56 Å². The van der Waals surface area contributed by atoms with Gasteiger partial charge in [0.2, 0.25) is 0 Å². The maximum atomic E-state index is 14.6. The number of benzene rings is 3. The van der Waals surface area contributed by atoms with Crippen LogP contribution in [0.4, 0.5) is 4.39 Å². The second-order valence-corrected chi connectivity index (χ2v) is 6.71. The third-order valence-corrected chi connectivity index (χ3v) is 4.71. The number of amides is 1. The number of nitrogens with one attached hydrogen (secondary N) is 2. The third kappa shape index (κ3) is 4.48. The molecule has 0 atom stereocenters. The molecule has 0 bridgehead atoms. The number of carbonyl (C=O) groups excluding carboxylic acids is 1. The number of ether oxygens (including phenoxy) is 1. The van der Waals surface area contributed by atoms with Crippen molar-refractivity contribution in [2.45, 2.75) is 11.8 Å². The Morgan fingerprint density at radius 1 is 1.04 bits per heavy atom.